The summed E-state index contributed by atoms with van der Waals surface area (Å²) in [4.78, 5) is 24.6. The first kappa shape index (κ1) is 21.5. The van der Waals surface area contributed by atoms with Crippen LogP contribution in [0.5, 0.6) is 0 Å². The number of benzene rings is 1. The van der Waals surface area contributed by atoms with Gasteiger partial charge in [0.25, 0.3) is 10.0 Å². The van der Waals surface area contributed by atoms with E-state index in [-0.39, 0.29) is 12.5 Å². The van der Waals surface area contributed by atoms with E-state index in [9.17, 15) is 18.0 Å². The van der Waals surface area contributed by atoms with Crippen LogP contribution >= 0.6 is 11.3 Å². The Bertz CT molecular complexity index is 986. The van der Waals surface area contributed by atoms with Gasteiger partial charge in [-0.05, 0) is 61.9 Å². The van der Waals surface area contributed by atoms with E-state index in [2.05, 4.69) is 5.32 Å². The minimum Gasteiger partial charge on any atom is -0.462 e. The quantitative estimate of drug-likeness (QED) is 0.702. The Morgan fingerprint density at radius 1 is 1.31 bits per heavy atom. The predicted molar refractivity (Wildman–Crippen MR) is 112 cm³/mol. The molecule has 9 heteroatoms. The highest BCUT2D eigenvalue weighted by Crippen LogP contribution is 2.27. The standard InChI is InChI=1S/C20H24N2O5S2/c1-3-27-20(24)15-8-9-17(14(2)12-15)21-19(23)16-6-4-10-22(13-16)29(25,26)18-7-5-11-28-18/h5,7-9,11-12,16H,3-4,6,10,13H2,1-2H3,(H,21,23). The average Bonchev–Trinajstić information content (AvgIpc) is 3.25. The molecule has 2 aromatic rings. The molecule has 0 bridgehead atoms. The zero-order valence-corrected chi connectivity index (χ0v) is 18.0. The first-order valence-electron chi connectivity index (χ1n) is 9.45. The Balaban J connectivity index is 1.68. The van der Waals surface area contributed by atoms with Crippen LogP contribution in [0, 0.1) is 12.8 Å². The second-order valence-corrected chi connectivity index (χ2v) is 9.99. The number of anilines is 1. The molecular formula is C20H24N2O5S2. The lowest BCUT2D eigenvalue weighted by atomic mass is 9.98. The summed E-state index contributed by atoms with van der Waals surface area (Å²) in [5, 5.41) is 4.60. The van der Waals surface area contributed by atoms with Gasteiger partial charge in [0, 0.05) is 18.8 Å². The molecule has 0 spiro atoms. The van der Waals surface area contributed by atoms with Gasteiger partial charge in [-0.1, -0.05) is 6.07 Å². The fourth-order valence-electron chi connectivity index (χ4n) is 3.29. The Hall–Kier alpha value is -2.23. The molecule has 1 aromatic heterocycles. The van der Waals surface area contributed by atoms with Crippen LogP contribution in [0.1, 0.15) is 35.7 Å². The van der Waals surface area contributed by atoms with Gasteiger partial charge in [-0.3, -0.25) is 4.79 Å². The van der Waals surface area contributed by atoms with Gasteiger partial charge in [0.2, 0.25) is 5.91 Å². The monoisotopic (exact) mass is 436 g/mol. The van der Waals surface area contributed by atoms with E-state index in [1.807, 2.05) is 0 Å². The van der Waals surface area contributed by atoms with Gasteiger partial charge >= 0.3 is 5.97 Å². The number of ether oxygens (including phenoxy) is 1. The van der Waals surface area contributed by atoms with Crippen molar-refractivity contribution in [1.29, 1.82) is 0 Å². The van der Waals surface area contributed by atoms with E-state index < -0.39 is 21.9 Å². The maximum Gasteiger partial charge on any atom is 0.338 e. The number of nitrogens with zero attached hydrogens (tertiary/aromatic N) is 1. The molecule has 29 heavy (non-hydrogen) atoms. The van der Waals surface area contributed by atoms with Crippen LogP contribution < -0.4 is 5.32 Å². The maximum atomic E-state index is 12.8. The number of carbonyl (C=O) groups is 2. The molecule has 156 valence electrons. The Morgan fingerprint density at radius 2 is 2.10 bits per heavy atom. The number of carbonyl (C=O) groups excluding carboxylic acids is 2. The van der Waals surface area contributed by atoms with Crippen LogP contribution in [0.3, 0.4) is 0 Å². The van der Waals surface area contributed by atoms with Crippen LogP contribution in [-0.4, -0.2) is 44.3 Å². The normalized spacial score (nSPS) is 17.7. The number of hydrogen-bond acceptors (Lipinski definition) is 6. The van der Waals surface area contributed by atoms with Crippen molar-refractivity contribution in [2.24, 2.45) is 5.92 Å². The van der Waals surface area contributed by atoms with E-state index in [1.54, 1.807) is 49.6 Å². The highest BCUT2D eigenvalue weighted by Gasteiger charge is 2.33. The lowest BCUT2D eigenvalue weighted by Crippen LogP contribution is -2.43. The summed E-state index contributed by atoms with van der Waals surface area (Å²) in [6, 6.07) is 8.23. The number of esters is 1. The summed E-state index contributed by atoms with van der Waals surface area (Å²) in [6.45, 7) is 4.41. The van der Waals surface area contributed by atoms with Crippen molar-refractivity contribution in [3.8, 4) is 0 Å². The topological polar surface area (TPSA) is 92.8 Å². The van der Waals surface area contributed by atoms with E-state index in [0.717, 1.165) is 5.56 Å². The van der Waals surface area contributed by atoms with Crippen LogP contribution in [0.2, 0.25) is 0 Å². The number of aryl methyl sites for hydroxylation is 1. The van der Waals surface area contributed by atoms with E-state index in [4.69, 9.17) is 4.74 Å². The fourth-order valence-corrected chi connectivity index (χ4v) is 5.96. The summed E-state index contributed by atoms with van der Waals surface area (Å²) in [7, 11) is -3.57. The van der Waals surface area contributed by atoms with Crippen molar-refractivity contribution in [3.63, 3.8) is 0 Å². The maximum absolute atomic E-state index is 12.8. The summed E-state index contributed by atoms with van der Waals surface area (Å²) in [6.07, 6.45) is 1.26. The number of nitrogens with one attached hydrogen (secondary N) is 1. The molecule has 1 amide bonds. The van der Waals surface area contributed by atoms with Crippen molar-refractivity contribution in [2.45, 2.75) is 30.9 Å². The van der Waals surface area contributed by atoms with Gasteiger partial charge in [-0.2, -0.15) is 4.31 Å². The molecule has 1 aliphatic heterocycles. The lowest BCUT2D eigenvalue weighted by Gasteiger charge is -2.30. The van der Waals surface area contributed by atoms with E-state index in [0.29, 0.717) is 41.5 Å². The van der Waals surface area contributed by atoms with Gasteiger partial charge in [0.05, 0.1) is 18.1 Å². The zero-order valence-electron chi connectivity index (χ0n) is 16.4. The van der Waals surface area contributed by atoms with Crippen LogP contribution in [0.15, 0.2) is 39.9 Å². The molecule has 1 fully saturated rings. The molecule has 1 atom stereocenters. The van der Waals surface area contributed by atoms with Crippen LogP contribution in [0.4, 0.5) is 5.69 Å². The molecule has 0 radical (unpaired) electrons. The van der Waals surface area contributed by atoms with E-state index >= 15 is 0 Å². The molecule has 1 saturated heterocycles. The minimum atomic E-state index is -3.57. The number of thiophene rings is 1. The van der Waals surface area contributed by atoms with Gasteiger partial charge in [-0.15, -0.1) is 11.3 Å². The van der Waals surface area contributed by atoms with Gasteiger partial charge in [-0.25, -0.2) is 13.2 Å². The first-order chi connectivity index (χ1) is 13.8. The SMILES string of the molecule is CCOC(=O)c1ccc(NC(=O)C2CCCN(S(=O)(=O)c3cccs3)C2)c(C)c1. The number of piperidine rings is 1. The van der Waals surface area contributed by atoms with Crippen LogP contribution in [-0.2, 0) is 19.6 Å². The highest BCUT2D eigenvalue weighted by molar-refractivity contribution is 7.91. The number of rotatable bonds is 6. The molecule has 7 nitrogen and oxygen atoms in total. The number of sulfonamides is 1. The third-order valence-corrected chi connectivity index (χ3v) is 8.08. The summed E-state index contributed by atoms with van der Waals surface area (Å²) < 4.78 is 32.2. The van der Waals surface area contributed by atoms with E-state index in [1.165, 1.54) is 15.6 Å². The minimum absolute atomic E-state index is 0.159. The van der Waals surface area contributed by atoms with Crippen molar-refractivity contribution in [3.05, 3.63) is 46.8 Å². The molecular weight excluding hydrogens is 412 g/mol. The molecule has 1 N–H and O–H groups in total. The molecule has 0 aliphatic carbocycles. The number of amides is 1. The lowest BCUT2D eigenvalue weighted by molar-refractivity contribution is -0.120. The summed E-state index contributed by atoms with van der Waals surface area (Å²) in [5.41, 5.74) is 1.76. The van der Waals surface area contributed by atoms with Crippen molar-refractivity contribution < 1.29 is 22.7 Å². The van der Waals surface area contributed by atoms with Crippen molar-refractivity contribution in [1.82, 2.24) is 4.31 Å². The molecule has 2 heterocycles. The average molecular weight is 437 g/mol. The fraction of sp³-hybridized carbons (Fsp3) is 0.400. The predicted octanol–water partition coefficient (Wildman–Crippen LogP) is 3.27. The van der Waals surface area contributed by atoms with Gasteiger partial charge in [0.1, 0.15) is 4.21 Å². The molecule has 3 rings (SSSR count). The third kappa shape index (κ3) is 4.85. The zero-order chi connectivity index (χ0) is 21.0. The molecule has 1 aromatic carbocycles. The first-order valence-corrected chi connectivity index (χ1v) is 11.8. The Morgan fingerprint density at radius 3 is 2.76 bits per heavy atom. The van der Waals surface area contributed by atoms with Crippen molar-refractivity contribution >= 4 is 38.9 Å². The second kappa shape index (κ2) is 9.06. The third-order valence-electron chi connectivity index (χ3n) is 4.84. The van der Waals surface area contributed by atoms with Gasteiger partial charge in [0.15, 0.2) is 0 Å². The van der Waals surface area contributed by atoms with Gasteiger partial charge < -0.3 is 10.1 Å². The van der Waals surface area contributed by atoms with Crippen molar-refractivity contribution in [2.75, 3.05) is 25.0 Å². The highest BCUT2D eigenvalue weighted by atomic mass is 32.2. The summed E-state index contributed by atoms with van der Waals surface area (Å²) in [5.74, 6) is -1.05. The Labute approximate surface area is 174 Å². The Kier molecular flexibility index (Phi) is 6.71. The molecule has 0 saturated carbocycles. The molecule has 1 unspecified atom stereocenters. The number of hydrogen-bond donors (Lipinski definition) is 1. The smallest absolute Gasteiger partial charge is 0.338 e. The largest absolute Gasteiger partial charge is 0.462 e. The molecule has 1 aliphatic rings. The second-order valence-electron chi connectivity index (χ2n) is 6.87. The summed E-state index contributed by atoms with van der Waals surface area (Å²) >= 11 is 1.18. The van der Waals surface area contributed by atoms with Crippen LogP contribution in [0.25, 0.3) is 0 Å².